The zero-order chi connectivity index (χ0) is 11.9. The van der Waals surface area contributed by atoms with Gasteiger partial charge in [0.15, 0.2) is 0 Å². The van der Waals surface area contributed by atoms with E-state index in [0.717, 1.165) is 23.8 Å². The Balaban J connectivity index is 1.97. The summed E-state index contributed by atoms with van der Waals surface area (Å²) in [4.78, 5) is 5.83. The summed E-state index contributed by atoms with van der Waals surface area (Å²) < 4.78 is 0. The molecule has 17 heavy (non-hydrogen) atoms. The molecular weight excluding hydrogens is 228 g/mol. The Bertz CT molecular complexity index is 457. The largest absolute Gasteiger partial charge is 0.370 e. The lowest BCUT2D eigenvalue weighted by molar-refractivity contribution is 1.11. The Morgan fingerprint density at radius 2 is 1.88 bits per heavy atom. The van der Waals surface area contributed by atoms with E-state index < -0.39 is 0 Å². The summed E-state index contributed by atoms with van der Waals surface area (Å²) in [7, 11) is 0. The van der Waals surface area contributed by atoms with E-state index in [-0.39, 0.29) is 0 Å². The average molecular weight is 244 g/mol. The molecule has 1 heterocycles. The summed E-state index contributed by atoms with van der Waals surface area (Å²) in [6.45, 7) is 2.98. The van der Waals surface area contributed by atoms with Crippen molar-refractivity contribution in [1.29, 1.82) is 0 Å². The van der Waals surface area contributed by atoms with Crippen molar-refractivity contribution in [3.05, 3.63) is 54.2 Å². The van der Waals surface area contributed by atoms with Crippen LogP contribution in [0.1, 0.15) is 12.6 Å². The van der Waals surface area contributed by atoms with Gasteiger partial charge in [0, 0.05) is 17.2 Å². The molecule has 0 saturated heterocycles. The van der Waals surface area contributed by atoms with Gasteiger partial charge in [-0.05, 0) is 31.2 Å². The molecule has 0 unspecified atom stereocenters. The van der Waals surface area contributed by atoms with Crippen LogP contribution in [-0.2, 0) is 5.75 Å². The van der Waals surface area contributed by atoms with Crippen molar-refractivity contribution < 1.29 is 0 Å². The molecule has 2 nitrogen and oxygen atoms in total. The molecule has 2 aromatic rings. The molecule has 1 aromatic heterocycles. The van der Waals surface area contributed by atoms with Crippen LogP contribution in [0.25, 0.3) is 0 Å². The maximum atomic E-state index is 4.55. The summed E-state index contributed by atoms with van der Waals surface area (Å²) in [6.07, 6.45) is 0. The van der Waals surface area contributed by atoms with Crippen LogP contribution >= 0.6 is 11.8 Å². The summed E-state index contributed by atoms with van der Waals surface area (Å²) in [6, 6.07) is 16.5. The lowest BCUT2D eigenvalue weighted by Crippen LogP contribution is -2.00. The fraction of sp³-hybridized carbons (Fsp3) is 0.214. The van der Waals surface area contributed by atoms with Crippen LogP contribution in [0.3, 0.4) is 0 Å². The van der Waals surface area contributed by atoms with E-state index in [4.69, 9.17) is 0 Å². The molecule has 0 aliphatic carbocycles. The Morgan fingerprint density at radius 3 is 2.65 bits per heavy atom. The number of thioether (sulfide) groups is 1. The Kier molecular flexibility index (Phi) is 4.45. The van der Waals surface area contributed by atoms with Crippen LogP contribution in [0.2, 0.25) is 0 Å². The van der Waals surface area contributed by atoms with Crippen molar-refractivity contribution in [2.75, 3.05) is 11.9 Å². The van der Waals surface area contributed by atoms with Gasteiger partial charge in [0.2, 0.25) is 0 Å². The number of benzene rings is 1. The van der Waals surface area contributed by atoms with Crippen molar-refractivity contribution >= 4 is 17.6 Å². The topological polar surface area (TPSA) is 24.9 Å². The molecule has 0 fully saturated rings. The first-order chi connectivity index (χ1) is 8.38. The maximum Gasteiger partial charge on any atom is 0.126 e. The van der Waals surface area contributed by atoms with Gasteiger partial charge in [0.1, 0.15) is 5.82 Å². The molecule has 1 N–H and O–H groups in total. The molecule has 0 bridgehead atoms. The van der Waals surface area contributed by atoms with E-state index in [9.17, 15) is 0 Å². The highest BCUT2D eigenvalue weighted by Gasteiger charge is 1.98. The molecule has 0 spiro atoms. The Hall–Kier alpha value is -1.48. The average Bonchev–Trinajstić information content (AvgIpc) is 2.39. The first kappa shape index (κ1) is 12.0. The van der Waals surface area contributed by atoms with Crippen LogP contribution in [0.5, 0.6) is 0 Å². The quantitative estimate of drug-likeness (QED) is 0.810. The molecule has 0 aliphatic heterocycles. The third kappa shape index (κ3) is 3.79. The molecule has 0 radical (unpaired) electrons. The Morgan fingerprint density at radius 1 is 1.06 bits per heavy atom. The van der Waals surface area contributed by atoms with Gasteiger partial charge >= 0.3 is 0 Å². The second kappa shape index (κ2) is 6.30. The van der Waals surface area contributed by atoms with Crippen LogP contribution < -0.4 is 5.32 Å². The lowest BCUT2D eigenvalue weighted by atomic mass is 10.4. The second-order valence-corrected chi connectivity index (χ2v) is 4.69. The van der Waals surface area contributed by atoms with Gasteiger partial charge in [-0.15, -0.1) is 11.8 Å². The molecule has 0 amide bonds. The van der Waals surface area contributed by atoms with Crippen molar-refractivity contribution in [2.24, 2.45) is 0 Å². The molecule has 0 aliphatic rings. The van der Waals surface area contributed by atoms with E-state index in [1.54, 1.807) is 0 Å². The number of aromatic nitrogens is 1. The highest BCUT2D eigenvalue weighted by Crippen LogP contribution is 2.21. The number of nitrogens with zero attached hydrogens (tertiary/aromatic N) is 1. The predicted molar refractivity (Wildman–Crippen MR) is 74.4 cm³/mol. The maximum absolute atomic E-state index is 4.55. The third-order valence-corrected chi connectivity index (χ3v) is 3.34. The fourth-order valence-electron chi connectivity index (χ4n) is 1.51. The molecule has 88 valence electrons. The van der Waals surface area contributed by atoms with Gasteiger partial charge in [-0.3, -0.25) is 0 Å². The van der Waals surface area contributed by atoms with Crippen LogP contribution in [0.4, 0.5) is 5.82 Å². The van der Waals surface area contributed by atoms with Crippen molar-refractivity contribution in [2.45, 2.75) is 17.6 Å². The first-order valence-electron chi connectivity index (χ1n) is 5.76. The summed E-state index contributed by atoms with van der Waals surface area (Å²) in [5.41, 5.74) is 1.11. The van der Waals surface area contributed by atoms with Crippen molar-refractivity contribution in [3.8, 4) is 0 Å². The van der Waals surface area contributed by atoms with Crippen molar-refractivity contribution in [3.63, 3.8) is 0 Å². The van der Waals surface area contributed by atoms with Gasteiger partial charge in [0.05, 0.1) is 5.69 Å². The first-order valence-corrected chi connectivity index (χ1v) is 6.74. The fourth-order valence-corrected chi connectivity index (χ4v) is 2.34. The summed E-state index contributed by atoms with van der Waals surface area (Å²) in [5.74, 6) is 1.86. The molecule has 3 heteroatoms. The number of pyridine rings is 1. The summed E-state index contributed by atoms with van der Waals surface area (Å²) in [5, 5.41) is 3.23. The number of hydrogen-bond donors (Lipinski definition) is 1. The van der Waals surface area contributed by atoms with E-state index in [0.29, 0.717) is 0 Å². The van der Waals surface area contributed by atoms with Crippen LogP contribution in [0, 0.1) is 0 Å². The van der Waals surface area contributed by atoms with E-state index in [1.165, 1.54) is 4.90 Å². The molecule has 0 atom stereocenters. The van der Waals surface area contributed by atoms with Gasteiger partial charge < -0.3 is 5.32 Å². The van der Waals surface area contributed by atoms with Crippen molar-refractivity contribution in [1.82, 2.24) is 4.98 Å². The smallest absolute Gasteiger partial charge is 0.126 e. The number of hydrogen-bond acceptors (Lipinski definition) is 3. The Labute approximate surface area is 106 Å². The lowest BCUT2D eigenvalue weighted by Gasteiger charge is -2.05. The molecule has 1 aromatic carbocycles. The number of anilines is 1. The normalized spacial score (nSPS) is 10.2. The van der Waals surface area contributed by atoms with E-state index >= 15 is 0 Å². The minimum Gasteiger partial charge on any atom is -0.370 e. The zero-order valence-corrected chi connectivity index (χ0v) is 10.7. The minimum absolute atomic E-state index is 0.905. The third-order valence-electron chi connectivity index (χ3n) is 2.29. The summed E-state index contributed by atoms with van der Waals surface area (Å²) >= 11 is 1.81. The standard InChI is InChI=1S/C14H16N2S/c1-2-15-14-10-6-7-12(16-14)11-17-13-8-4-3-5-9-13/h3-10H,2,11H2,1H3,(H,15,16). The molecule has 2 rings (SSSR count). The SMILES string of the molecule is CCNc1cccc(CSc2ccccc2)n1. The predicted octanol–water partition coefficient (Wildman–Crippen LogP) is 3.81. The van der Waals surface area contributed by atoms with Gasteiger partial charge in [-0.2, -0.15) is 0 Å². The van der Waals surface area contributed by atoms with Crippen LogP contribution in [0.15, 0.2) is 53.4 Å². The zero-order valence-electron chi connectivity index (χ0n) is 9.89. The van der Waals surface area contributed by atoms with Gasteiger partial charge in [0.25, 0.3) is 0 Å². The monoisotopic (exact) mass is 244 g/mol. The highest BCUT2D eigenvalue weighted by molar-refractivity contribution is 7.98. The molecule has 0 saturated carbocycles. The van der Waals surface area contributed by atoms with Gasteiger partial charge in [-0.1, -0.05) is 24.3 Å². The molecular formula is C14H16N2S. The second-order valence-electron chi connectivity index (χ2n) is 3.65. The van der Waals surface area contributed by atoms with E-state index in [1.807, 2.05) is 30.0 Å². The number of rotatable bonds is 5. The van der Waals surface area contributed by atoms with Crippen LogP contribution in [-0.4, -0.2) is 11.5 Å². The highest BCUT2D eigenvalue weighted by atomic mass is 32.2. The van der Waals surface area contributed by atoms with Gasteiger partial charge in [-0.25, -0.2) is 4.98 Å². The minimum atomic E-state index is 0.905. The van der Waals surface area contributed by atoms with E-state index in [2.05, 4.69) is 47.6 Å². The number of nitrogens with one attached hydrogen (secondary N) is 1.